The molecular formula is C15H16BrN5OS. The topological polar surface area (TPSA) is 85.7 Å². The van der Waals surface area contributed by atoms with E-state index in [1.54, 1.807) is 11.9 Å². The van der Waals surface area contributed by atoms with Crippen molar-refractivity contribution in [2.45, 2.75) is 23.8 Å². The van der Waals surface area contributed by atoms with E-state index in [4.69, 9.17) is 5.26 Å². The lowest BCUT2D eigenvalue weighted by Gasteiger charge is -2.18. The molecule has 0 saturated carbocycles. The third kappa shape index (κ3) is 4.56. The van der Waals surface area contributed by atoms with E-state index in [-0.39, 0.29) is 11.2 Å². The van der Waals surface area contributed by atoms with Crippen LogP contribution < -0.4 is 0 Å². The predicted molar refractivity (Wildman–Crippen MR) is 92.7 cm³/mol. The number of nitrogens with one attached hydrogen (secondary N) is 1. The minimum absolute atomic E-state index is 0.0440. The van der Waals surface area contributed by atoms with E-state index >= 15 is 0 Å². The molecule has 2 aromatic rings. The van der Waals surface area contributed by atoms with E-state index in [0.717, 1.165) is 10.0 Å². The normalized spacial score (nSPS) is 11.7. The summed E-state index contributed by atoms with van der Waals surface area (Å²) in [6, 6.07) is 9.75. The van der Waals surface area contributed by atoms with Crippen molar-refractivity contribution in [2.24, 2.45) is 0 Å². The number of aromatic nitrogens is 3. The zero-order chi connectivity index (χ0) is 16.8. The highest BCUT2D eigenvalue weighted by Gasteiger charge is 2.20. The van der Waals surface area contributed by atoms with Gasteiger partial charge < -0.3 is 4.90 Å². The first-order valence-electron chi connectivity index (χ1n) is 6.98. The summed E-state index contributed by atoms with van der Waals surface area (Å²) < 4.78 is 0.924. The van der Waals surface area contributed by atoms with E-state index in [9.17, 15) is 4.79 Å². The third-order valence-electron chi connectivity index (χ3n) is 3.16. The molecule has 1 aromatic carbocycles. The van der Waals surface area contributed by atoms with Gasteiger partial charge in [-0.25, -0.2) is 4.98 Å². The summed E-state index contributed by atoms with van der Waals surface area (Å²) in [5.74, 6) is 0.606. The highest BCUT2D eigenvalue weighted by Crippen LogP contribution is 2.27. The molecule has 0 saturated heterocycles. The summed E-state index contributed by atoms with van der Waals surface area (Å²) in [6.07, 6.45) is 0.326. The molecule has 1 N–H and O–H groups in total. The Kier molecular flexibility index (Phi) is 6.19. The number of thioether (sulfide) groups is 1. The van der Waals surface area contributed by atoms with Gasteiger partial charge in [-0.05, 0) is 13.0 Å². The first-order valence-corrected chi connectivity index (χ1v) is 8.66. The second-order valence-electron chi connectivity index (χ2n) is 4.87. The molecule has 0 spiro atoms. The molecule has 0 bridgehead atoms. The van der Waals surface area contributed by atoms with E-state index in [2.05, 4.69) is 31.1 Å². The first kappa shape index (κ1) is 17.5. The Hall–Kier alpha value is -1.85. The van der Waals surface area contributed by atoms with Crippen molar-refractivity contribution in [2.75, 3.05) is 13.6 Å². The standard InChI is InChI=1S/C15H16BrN5OS/c1-10(14(22)21(2)9-5-8-17)23-15-18-13(19-20-15)11-6-3-4-7-12(11)16/h3-4,6-7,10H,5,9H2,1-2H3,(H,18,19,20)/t10-/m0/s1. The third-order valence-corrected chi connectivity index (χ3v) is 4.80. The molecule has 0 aliphatic carbocycles. The number of H-pyrrole nitrogens is 1. The molecule has 0 unspecified atom stereocenters. The number of nitriles is 1. The lowest BCUT2D eigenvalue weighted by Crippen LogP contribution is -2.33. The Bertz CT molecular complexity index is 727. The minimum atomic E-state index is -0.318. The van der Waals surface area contributed by atoms with Crippen LogP contribution in [0, 0.1) is 11.3 Å². The summed E-state index contributed by atoms with van der Waals surface area (Å²) in [5.41, 5.74) is 0.914. The quantitative estimate of drug-likeness (QED) is 0.761. The van der Waals surface area contributed by atoms with Crippen LogP contribution in [0.1, 0.15) is 13.3 Å². The fourth-order valence-corrected chi connectivity index (χ4v) is 3.23. The van der Waals surface area contributed by atoms with Gasteiger partial charge in [-0.1, -0.05) is 45.9 Å². The van der Waals surface area contributed by atoms with E-state index in [1.165, 1.54) is 11.8 Å². The van der Waals surface area contributed by atoms with Gasteiger partial charge in [0.2, 0.25) is 11.1 Å². The maximum absolute atomic E-state index is 12.2. The van der Waals surface area contributed by atoms with Crippen molar-refractivity contribution in [3.05, 3.63) is 28.7 Å². The lowest BCUT2D eigenvalue weighted by molar-refractivity contribution is -0.128. The molecule has 8 heteroatoms. The maximum Gasteiger partial charge on any atom is 0.235 e. The van der Waals surface area contributed by atoms with Crippen molar-refractivity contribution in [3.63, 3.8) is 0 Å². The van der Waals surface area contributed by atoms with Crippen molar-refractivity contribution >= 4 is 33.6 Å². The molecule has 6 nitrogen and oxygen atoms in total. The number of carbonyl (C=O) groups is 1. The van der Waals surface area contributed by atoms with Gasteiger partial charge in [-0.2, -0.15) is 5.26 Å². The Morgan fingerprint density at radius 3 is 2.96 bits per heavy atom. The van der Waals surface area contributed by atoms with Crippen LogP contribution in [-0.4, -0.2) is 44.8 Å². The summed E-state index contributed by atoms with van der Waals surface area (Å²) in [6.45, 7) is 2.24. The number of nitrogens with zero attached hydrogens (tertiary/aromatic N) is 4. The second-order valence-corrected chi connectivity index (χ2v) is 7.04. The highest BCUT2D eigenvalue weighted by molar-refractivity contribution is 9.10. The molecule has 2 rings (SSSR count). The lowest BCUT2D eigenvalue weighted by atomic mass is 10.2. The SMILES string of the molecule is C[C@H](Sc1n[nH]c(-c2ccccc2Br)n1)C(=O)N(C)CCC#N. The number of amides is 1. The highest BCUT2D eigenvalue weighted by atomic mass is 79.9. The second kappa shape index (κ2) is 8.13. The van der Waals surface area contributed by atoms with E-state index in [0.29, 0.717) is 23.9 Å². The summed E-state index contributed by atoms with van der Waals surface area (Å²) in [4.78, 5) is 18.2. The summed E-state index contributed by atoms with van der Waals surface area (Å²) >= 11 is 4.77. The first-order chi connectivity index (χ1) is 11.0. The van der Waals surface area contributed by atoms with Crippen LogP contribution in [-0.2, 0) is 4.79 Å². The Labute approximate surface area is 147 Å². The number of rotatable bonds is 6. The zero-order valence-corrected chi connectivity index (χ0v) is 15.2. The van der Waals surface area contributed by atoms with E-state index < -0.39 is 0 Å². The number of benzene rings is 1. The number of hydrogen-bond donors (Lipinski definition) is 1. The molecule has 0 aliphatic heterocycles. The van der Waals surface area contributed by atoms with Crippen LogP contribution >= 0.6 is 27.7 Å². The van der Waals surface area contributed by atoms with Crippen LogP contribution in [0.15, 0.2) is 33.9 Å². The average Bonchev–Trinajstić information content (AvgIpc) is 3.00. The number of aromatic amines is 1. The monoisotopic (exact) mass is 393 g/mol. The smallest absolute Gasteiger partial charge is 0.235 e. The van der Waals surface area contributed by atoms with Gasteiger partial charge in [0, 0.05) is 23.6 Å². The van der Waals surface area contributed by atoms with Gasteiger partial charge in [0.05, 0.1) is 17.7 Å². The molecule has 23 heavy (non-hydrogen) atoms. The fraction of sp³-hybridized carbons (Fsp3) is 0.333. The summed E-state index contributed by atoms with van der Waals surface area (Å²) in [7, 11) is 1.70. The van der Waals surface area contributed by atoms with Gasteiger partial charge in [0.15, 0.2) is 5.82 Å². The average molecular weight is 394 g/mol. The van der Waals surface area contributed by atoms with Gasteiger partial charge in [-0.15, -0.1) is 5.10 Å². The molecular weight excluding hydrogens is 378 g/mol. The van der Waals surface area contributed by atoms with Crippen LogP contribution in [0.4, 0.5) is 0 Å². The summed E-state index contributed by atoms with van der Waals surface area (Å²) in [5, 5.41) is 15.8. The molecule has 0 radical (unpaired) electrons. The van der Waals surface area contributed by atoms with Crippen molar-refractivity contribution < 1.29 is 4.79 Å². The largest absolute Gasteiger partial charge is 0.344 e. The molecule has 120 valence electrons. The van der Waals surface area contributed by atoms with Crippen LogP contribution in [0.2, 0.25) is 0 Å². The molecule has 1 aromatic heterocycles. The van der Waals surface area contributed by atoms with Crippen LogP contribution in [0.25, 0.3) is 11.4 Å². The predicted octanol–water partition coefficient (Wildman–Crippen LogP) is 3.09. The van der Waals surface area contributed by atoms with Crippen molar-refractivity contribution in [1.29, 1.82) is 5.26 Å². The van der Waals surface area contributed by atoms with Crippen LogP contribution in [0.3, 0.4) is 0 Å². The van der Waals surface area contributed by atoms with Gasteiger partial charge in [-0.3, -0.25) is 9.89 Å². The number of carbonyl (C=O) groups excluding carboxylic acids is 1. The molecule has 1 atom stereocenters. The molecule has 0 fully saturated rings. The van der Waals surface area contributed by atoms with Gasteiger partial charge >= 0.3 is 0 Å². The molecule has 1 amide bonds. The zero-order valence-electron chi connectivity index (χ0n) is 12.8. The number of halogens is 1. The Balaban J connectivity index is 2.03. The number of hydrogen-bond acceptors (Lipinski definition) is 5. The van der Waals surface area contributed by atoms with Gasteiger partial charge in [0.25, 0.3) is 0 Å². The van der Waals surface area contributed by atoms with Crippen molar-refractivity contribution in [3.8, 4) is 17.5 Å². The van der Waals surface area contributed by atoms with E-state index in [1.807, 2.05) is 37.3 Å². The minimum Gasteiger partial charge on any atom is -0.344 e. The molecule has 1 heterocycles. The van der Waals surface area contributed by atoms with Gasteiger partial charge in [0.1, 0.15) is 0 Å². The Morgan fingerprint density at radius 1 is 1.52 bits per heavy atom. The Morgan fingerprint density at radius 2 is 2.26 bits per heavy atom. The fourth-order valence-electron chi connectivity index (χ4n) is 1.92. The molecule has 0 aliphatic rings. The maximum atomic E-state index is 12.2. The van der Waals surface area contributed by atoms with Crippen LogP contribution in [0.5, 0.6) is 0 Å². The van der Waals surface area contributed by atoms with Crippen molar-refractivity contribution in [1.82, 2.24) is 20.1 Å².